The van der Waals surface area contributed by atoms with Gasteiger partial charge in [0.05, 0.1) is 28.1 Å². The van der Waals surface area contributed by atoms with Crippen molar-refractivity contribution in [1.82, 2.24) is 14.8 Å². The van der Waals surface area contributed by atoms with E-state index in [0.717, 1.165) is 28.1 Å². The molecule has 1 aliphatic rings. The number of ether oxygens (including phenoxy) is 1. The van der Waals surface area contributed by atoms with Gasteiger partial charge in [0.1, 0.15) is 11.6 Å². The first kappa shape index (κ1) is 21.4. The van der Waals surface area contributed by atoms with Crippen LogP contribution in [-0.4, -0.2) is 27.3 Å². The fraction of sp³-hybridized carbons (Fsp3) is 0.261. The zero-order valence-electron chi connectivity index (χ0n) is 17.7. The van der Waals surface area contributed by atoms with Crippen LogP contribution < -0.4 is 10.1 Å². The minimum absolute atomic E-state index is 0.0401. The molecular formula is C23H19F3N4O2S. The summed E-state index contributed by atoms with van der Waals surface area (Å²) in [6.45, 7) is 4.24. The summed E-state index contributed by atoms with van der Waals surface area (Å²) in [7, 11) is 0. The molecule has 0 unspecified atom stereocenters. The average Bonchev–Trinajstić information content (AvgIpc) is 3.33. The van der Waals surface area contributed by atoms with E-state index in [1.54, 1.807) is 17.7 Å². The number of aromatic nitrogens is 3. The molecule has 0 fully saturated rings. The first-order chi connectivity index (χ1) is 15.7. The molecule has 2 aromatic heterocycles. The fourth-order valence-electron chi connectivity index (χ4n) is 4.14. The Morgan fingerprint density at radius 2 is 2.06 bits per heavy atom. The molecule has 1 amide bonds. The zero-order chi connectivity index (χ0) is 23.3. The van der Waals surface area contributed by atoms with Crippen LogP contribution in [-0.2, 0) is 11.0 Å². The van der Waals surface area contributed by atoms with Crippen LogP contribution in [0.4, 0.5) is 19.0 Å². The van der Waals surface area contributed by atoms with Crippen molar-refractivity contribution >= 4 is 33.3 Å². The van der Waals surface area contributed by atoms with Crippen LogP contribution in [0, 0.1) is 6.92 Å². The number of thiazole rings is 1. The van der Waals surface area contributed by atoms with Crippen molar-refractivity contribution in [2.75, 3.05) is 11.9 Å². The van der Waals surface area contributed by atoms with Crippen molar-refractivity contribution in [3.05, 3.63) is 64.8 Å². The lowest BCUT2D eigenvalue weighted by atomic mass is 9.85. The second kappa shape index (κ2) is 7.87. The van der Waals surface area contributed by atoms with Crippen molar-refractivity contribution in [3.8, 4) is 10.9 Å². The lowest BCUT2D eigenvalue weighted by molar-refractivity contribution is -0.137. The Balaban J connectivity index is 1.61. The van der Waals surface area contributed by atoms with Gasteiger partial charge in [0.25, 0.3) is 0 Å². The number of nitrogens with zero attached hydrogens (tertiary/aromatic N) is 3. The van der Waals surface area contributed by atoms with Crippen LogP contribution in [0.1, 0.15) is 41.6 Å². The first-order valence-electron chi connectivity index (χ1n) is 10.3. The van der Waals surface area contributed by atoms with Gasteiger partial charge in [-0.25, -0.2) is 4.98 Å². The highest BCUT2D eigenvalue weighted by molar-refractivity contribution is 7.20. The second-order valence-corrected chi connectivity index (χ2v) is 8.76. The summed E-state index contributed by atoms with van der Waals surface area (Å²) in [5.41, 5.74) is 1.77. The van der Waals surface area contributed by atoms with Gasteiger partial charge in [-0.1, -0.05) is 29.5 Å². The number of amides is 1. The second-order valence-electron chi connectivity index (χ2n) is 7.75. The zero-order valence-corrected chi connectivity index (χ0v) is 18.5. The molecule has 1 N–H and O–H groups in total. The fourth-order valence-corrected chi connectivity index (χ4v) is 5.09. The van der Waals surface area contributed by atoms with Crippen molar-refractivity contribution in [2.24, 2.45) is 0 Å². The van der Waals surface area contributed by atoms with E-state index in [1.165, 1.54) is 17.4 Å². The van der Waals surface area contributed by atoms with E-state index in [4.69, 9.17) is 4.74 Å². The number of aryl methyl sites for hydroxylation is 1. The van der Waals surface area contributed by atoms with Gasteiger partial charge in [0.2, 0.25) is 11.0 Å². The lowest BCUT2D eigenvalue weighted by Crippen LogP contribution is -2.25. The summed E-state index contributed by atoms with van der Waals surface area (Å²) in [6.07, 6.45) is -4.42. The van der Waals surface area contributed by atoms with Crippen molar-refractivity contribution in [2.45, 2.75) is 32.4 Å². The highest BCUT2D eigenvalue weighted by atomic mass is 32.1. The summed E-state index contributed by atoms with van der Waals surface area (Å²) in [5.74, 6) is 0.349. The molecule has 1 atom stereocenters. The van der Waals surface area contributed by atoms with Gasteiger partial charge < -0.3 is 10.1 Å². The number of carbonyl (C=O) groups excluding carboxylic acids is 1. The summed E-state index contributed by atoms with van der Waals surface area (Å²) in [4.78, 5) is 17.2. The third-order valence-electron chi connectivity index (χ3n) is 5.56. The van der Waals surface area contributed by atoms with Crippen LogP contribution in [0.25, 0.3) is 15.3 Å². The van der Waals surface area contributed by atoms with Crippen LogP contribution in [0.2, 0.25) is 0 Å². The highest BCUT2D eigenvalue weighted by Gasteiger charge is 2.35. The number of benzene rings is 2. The normalized spacial score (nSPS) is 16.0. The predicted octanol–water partition coefficient (Wildman–Crippen LogP) is 5.68. The standard InChI is InChI=1S/C23H19F3N4O2S/c1-3-32-15-7-8-17-18(10-15)33-22(27-17)30-21-20(12(2)29-30)16(11-19(31)28-21)13-5-4-6-14(9-13)23(24,25)26/h4-10,16H,3,11H2,1-2H3,(H,28,31)/t16-/m1/s1. The Bertz CT molecular complexity index is 1380. The average molecular weight is 472 g/mol. The van der Waals surface area contributed by atoms with Crippen LogP contribution >= 0.6 is 11.3 Å². The third-order valence-corrected chi connectivity index (χ3v) is 6.55. The molecular weight excluding hydrogens is 453 g/mol. The maximum Gasteiger partial charge on any atom is 0.416 e. The number of alkyl halides is 3. The van der Waals surface area contributed by atoms with E-state index < -0.39 is 17.7 Å². The number of fused-ring (bicyclic) bond motifs is 2. The summed E-state index contributed by atoms with van der Waals surface area (Å²) in [5, 5.41) is 7.99. The number of hydrogen-bond acceptors (Lipinski definition) is 5. The predicted molar refractivity (Wildman–Crippen MR) is 119 cm³/mol. The smallest absolute Gasteiger partial charge is 0.416 e. The molecule has 5 rings (SSSR count). The van der Waals surface area contributed by atoms with Crippen molar-refractivity contribution in [1.29, 1.82) is 0 Å². The van der Waals surface area contributed by atoms with E-state index >= 15 is 0 Å². The van der Waals surface area contributed by atoms with Crippen molar-refractivity contribution < 1.29 is 22.7 Å². The molecule has 2 aromatic carbocycles. The summed E-state index contributed by atoms with van der Waals surface area (Å²) < 4.78 is 47.9. The van der Waals surface area contributed by atoms with Crippen LogP contribution in [0.3, 0.4) is 0 Å². The van der Waals surface area contributed by atoms with Gasteiger partial charge >= 0.3 is 6.18 Å². The van der Waals surface area contributed by atoms with Gasteiger partial charge in [0, 0.05) is 17.9 Å². The molecule has 170 valence electrons. The molecule has 0 aliphatic carbocycles. The third kappa shape index (κ3) is 3.84. The Kier molecular flexibility index (Phi) is 5.12. The number of anilines is 1. The van der Waals surface area contributed by atoms with Gasteiger partial charge in [0.15, 0.2) is 0 Å². The Morgan fingerprint density at radius 3 is 2.82 bits per heavy atom. The molecule has 33 heavy (non-hydrogen) atoms. The molecule has 6 nitrogen and oxygen atoms in total. The van der Waals surface area contributed by atoms with Crippen LogP contribution in [0.15, 0.2) is 42.5 Å². The lowest BCUT2D eigenvalue weighted by Gasteiger charge is -2.24. The topological polar surface area (TPSA) is 69.0 Å². The van der Waals surface area contributed by atoms with E-state index in [9.17, 15) is 18.0 Å². The number of halogens is 3. The minimum atomic E-state index is -4.46. The molecule has 0 saturated heterocycles. The molecule has 10 heteroatoms. The Labute approximate surface area is 191 Å². The Morgan fingerprint density at radius 1 is 1.24 bits per heavy atom. The number of rotatable bonds is 4. The molecule has 3 heterocycles. The summed E-state index contributed by atoms with van der Waals surface area (Å²) in [6, 6.07) is 10.7. The number of hydrogen-bond donors (Lipinski definition) is 1. The van der Waals surface area contributed by atoms with Crippen LogP contribution in [0.5, 0.6) is 5.75 Å². The van der Waals surface area contributed by atoms with E-state index in [0.29, 0.717) is 34.4 Å². The van der Waals surface area contributed by atoms with E-state index in [1.807, 2.05) is 25.1 Å². The largest absolute Gasteiger partial charge is 0.494 e. The minimum Gasteiger partial charge on any atom is -0.494 e. The molecule has 4 aromatic rings. The number of nitrogens with one attached hydrogen (secondary N) is 1. The highest BCUT2D eigenvalue weighted by Crippen LogP contribution is 2.42. The maximum atomic E-state index is 13.3. The van der Waals surface area contributed by atoms with Gasteiger partial charge in [-0.3, -0.25) is 4.79 Å². The van der Waals surface area contributed by atoms with Gasteiger partial charge in [-0.2, -0.15) is 23.0 Å². The Hall–Kier alpha value is -3.40. The number of carbonyl (C=O) groups is 1. The summed E-state index contributed by atoms with van der Waals surface area (Å²) >= 11 is 1.39. The molecule has 1 aliphatic heterocycles. The quantitative estimate of drug-likeness (QED) is 0.415. The van der Waals surface area contributed by atoms with E-state index in [2.05, 4.69) is 15.4 Å². The monoisotopic (exact) mass is 472 g/mol. The van der Waals surface area contributed by atoms with E-state index in [-0.39, 0.29) is 12.3 Å². The van der Waals surface area contributed by atoms with Crippen molar-refractivity contribution in [3.63, 3.8) is 0 Å². The molecule has 0 spiro atoms. The molecule has 0 saturated carbocycles. The SMILES string of the molecule is CCOc1ccc2nc(-n3nc(C)c4c3NC(=O)C[C@@H]4c3cccc(C(F)(F)F)c3)sc2c1. The van der Waals surface area contributed by atoms with Gasteiger partial charge in [-0.05, 0) is 43.7 Å². The maximum absolute atomic E-state index is 13.3. The first-order valence-corrected chi connectivity index (χ1v) is 11.2. The molecule has 0 bridgehead atoms. The molecule has 0 radical (unpaired) electrons. The van der Waals surface area contributed by atoms with Gasteiger partial charge in [-0.15, -0.1) is 0 Å².